The van der Waals surface area contributed by atoms with Crippen LogP contribution in [-0.2, 0) is 14.3 Å². The molecule has 0 fully saturated rings. The number of esters is 1. The molecule has 1 rings (SSSR count). The van der Waals surface area contributed by atoms with Crippen LogP contribution in [-0.4, -0.2) is 23.7 Å². The van der Waals surface area contributed by atoms with Crippen LogP contribution in [0, 0.1) is 0 Å². The first-order valence-corrected chi connectivity index (χ1v) is 4.80. The van der Waals surface area contributed by atoms with Gasteiger partial charge in [0.25, 0.3) is 0 Å². The highest BCUT2D eigenvalue weighted by atomic mass is 16.5. The number of rotatable bonds is 5. The van der Waals surface area contributed by atoms with E-state index in [2.05, 4.69) is 4.74 Å². The molecule has 0 saturated carbocycles. The third-order valence-electron chi connectivity index (χ3n) is 1.77. The molecule has 0 spiro atoms. The van der Waals surface area contributed by atoms with Crippen LogP contribution in [0.4, 0.5) is 0 Å². The molecule has 0 aliphatic rings. The molecule has 0 unspecified atom stereocenters. The summed E-state index contributed by atoms with van der Waals surface area (Å²) in [6.45, 7) is -0.104. The molecule has 84 valence electrons. The maximum atomic E-state index is 11.1. The fourth-order valence-corrected chi connectivity index (χ4v) is 1.02. The maximum Gasteiger partial charge on any atom is 0.330 e. The highest BCUT2D eigenvalue weighted by Crippen LogP contribution is 2.01. The van der Waals surface area contributed by atoms with E-state index in [0.717, 1.165) is 5.56 Å². The first kappa shape index (κ1) is 12.0. The zero-order valence-electron chi connectivity index (χ0n) is 8.63. The van der Waals surface area contributed by atoms with Crippen molar-refractivity contribution >= 4 is 18.0 Å². The van der Waals surface area contributed by atoms with Gasteiger partial charge < -0.3 is 9.84 Å². The minimum absolute atomic E-state index is 0.104. The number of hydrogen-bond acceptors (Lipinski definition) is 3. The molecule has 4 heteroatoms. The lowest BCUT2D eigenvalue weighted by atomic mass is 10.2. The number of carbonyl (C=O) groups excluding carboxylic acids is 1. The molecule has 0 heterocycles. The van der Waals surface area contributed by atoms with Gasteiger partial charge in [0, 0.05) is 6.08 Å². The first-order chi connectivity index (χ1) is 7.68. The molecule has 0 aliphatic carbocycles. The highest BCUT2D eigenvalue weighted by molar-refractivity contribution is 5.87. The topological polar surface area (TPSA) is 63.6 Å². The molecule has 0 saturated heterocycles. The predicted molar refractivity (Wildman–Crippen MR) is 58.7 cm³/mol. The average Bonchev–Trinajstić information content (AvgIpc) is 2.27. The van der Waals surface area contributed by atoms with Gasteiger partial charge in [-0.05, 0) is 11.6 Å². The van der Waals surface area contributed by atoms with Gasteiger partial charge in [0.1, 0.15) is 6.61 Å². The second kappa shape index (κ2) is 6.40. The standard InChI is InChI=1S/C12H12O4/c13-11(14)8-9-16-12(15)7-6-10-4-2-1-3-5-10/h1-7H,8-9H2,(H,13,14)/b7-6+. The first-order valence-electron chi connectivity index (χ1n) is 4.80. The Morgan fingerprint density at radius 3 is 2.56 bits per heavy atom. The number of carbonyl (C=O) groups is 2. The van der Waals surface area contributed by atoms with Gasteiger partial charge in [0.15, 0.2) is 0 Å². The van der Waals surface area contributed by atoms with Crippen molar-refractivity contribution in [2.75, 3.05) is 6.61 Å². The minimum Gasteiger partial charge on any atom is -0.481 e. The van der Waals surface area contributed by atoms with Gasteiger partial charge in [-0.3, -0.25) is 4.79 Å². The summed E-state index contributed by atoms with van der Waals surface area (Å²) in [5, 5.41) is 8.32. The van der Waals surface area contributed by atoms with E-state index in [4.69, 9.17) is 5.11 Å². The van der Waals surface area contributed by atoms with E-state index < -0.39 is 11.9 Å². The summed E-state index contributed by atoms with van der Waals surface area (Å²) in [7, 11) is 0. The molecular formula is C12H12O4. The molecule has 1 aromatic rings. The van der Waals surface area contributed by atoms with E-state index in [1.807, 2.05) is 30.3 Å². The third-order valence-corrected chi connectivity index (χ3v) is 1.77. The molecule has 1 N–H and O–H groups in total. The van der Waals surface area contributed by atoms with Crippen molar-refractivity contribution in [3.8, 4) is 0 Å². The van der Waals surface area contributed by atoms with Gasteiger partial charge in [-0.1, -0.05) is 30.3 Å². The smallest absolute Gasteiger partial charge is 0.330 e. The van der Waals surface area contributed by atoms with E-state index in [1.165, 1.54) is 6.08 Å². The van der Waals surface area contributed by atoms with E-state index in [9.17, 15) is 9.59 Å². The minimum atomic E-state index is -0.986. The molecule has 0 bridgehead atoms. The molecule has 4 nitrogen and oxygen atoms in total. The predicted octanol–water partition coefficient (Wildman–Crippen LogP) is 1.72. The largest absolute Gasteiger partial charge is 0.481 e. The Kier molecular flexibility index (Phi) is 4.79. The normalized spacial score (nSPS) is 10.2. The summed E-state index contributed by atoms with van der Waals surface area (Å²) >= 11 is 0. The van der Waals surface area contributed by atoms with Crippen LogP contribution in [0.25, 0.3) is 6.08 Å². The number of benzene rings is 1. The average molecular weight is 220 g/mol. The second-order valence-electron chi connectivity index (χ2n) is 3.06. The van der Waals surface area contributed by atoms with Crippen LogP contribution in [0.2, 0.25) is 0 Å². The van der Waals surface area contributed by atoms with E-state index in [1.54, 1.807) is 6.08 Å². The molecule has 0 radical (unpaired) electrons. The third kappa shape index (κ3) is 4.95. The van der Waals surface area contributed by atoms with E-state index in [0.29, 0.717) is 0 Å². The summed E-state index contributed by atoms with van der Waals surface area (Å²) in [6.07, 6.45) is 2.71. The fraction of sp³-hybridized carbons (Fsp3) is 0.167. The van der Waals surface area contributed by atoms with E-state index in [-0.39, 0.29) is 13.0 Å². The van der Waals surface area contributed by atoms with Crippen molar-refractivity contribution in [3.63, 3.8) is 0 Å². The molecule has 16 heavy (non-hydrogen) atoms. The molecule has 0 aromatic heterocycles. The Labute approximate surface area is 93.2 Å². The Morgan fingerprint density at radius 1 is 1.25 bits per heavy atom. The molecule has 0 amide bonds. The van der Waals surface area contributed by atoms with Crippen molar-refractivity contribution in [1.29, 1.82) is 0 Å². The van der Waals surface area contributed by atoms with Gasteiger partial charge in [0.2, 0.25) is 0 Å². The summed E-state index contributed by atoms with van der Waals surface area (Å²) in [5.74, 6) is -1.52. The summed E-state index contributed by atoms with van der Waals surface area (Å²) in [5.41, 5.74) is 0.887. The van der Waals surface area contributed by atoms with Gasteiger partial charge in [0.05, 0.1) is 6.42 Å². The number of aliphatic carboxylic acids is 1. The maximum absolute atomic E-state index is 11.1. The number of carboxylic acid groups (broad SMARTS) is 1. The van der Waals surface area contributed by atoms with Crippen LogP contribution in [0.1, 0.15) is 12.0 Å². The molecule has 0 aliphatic heterocycles. The summed E-state index contributed by atoms with van der Waals surface area (Å²) in [4.78, 5) is 21.2. The van der Waals surface area contributed by atoms with Gasteiger partial charge in [-0.2, -0.15) is 0 Å². The molecule has 1 aromatic carbocycles. The SMILES string of the molecule is O=C(O)CCOC(=O)/C=C/c1ccccc1. The van der Waals surface area contributed by atoms with Gasteiger partial charge >= 0.3 is 11.9 Å². The van der Waals surface area contributed by atoms with Crippen molar-refractivity contribution in [1.82, 2.24) is 0 Å². The lowest BCUT2D eigenvalue weighted by Crippen LogP contribution is -2.06. The van der Waals surface area contributed by atoms with Gasteiger partial charge in [-0.15, -0.1) is 0 Å². The molecular weight excluding hydrogens is 208 g/mol. The molecule has 0 atom stereocenters. The highest BCUT2D eigenvalue weighted by Gasteiger charge is 2.00. The van der Waals surface area contributed by atoms with Gasteiger partial charge in [-0.25, -0.2) is 4.79 Å². The van der Waals surface area contributed by atoms with Crippen LogP contribution >= 0.6 is 0 Å². The lowest BCUT2D eigenvalue weighted by molar-refractivity contribution is -0.142. The van der Waals surface area contributed by atoms with Crippen molar-refractivity contribution in [2.24, 2.45) is 0 Å². The van der Waals surface area contributed by atoms with Crippen LogP contribution in [0.3, 0.4) is 0 Å². The van der Waals surface area contributed by atoms with Crippen molar-refractivity contribution in [2.45, 2.75) is 6.42 Å². The Hall–Kier alpha value is -2.10. The van der Waals surface area contributed by atoms with Crippen molar-refractivity contribution in [3.05, 3.63) is 42.0 Å². The Balaban J connectivity index is 2.34. The number of ether oxygens (including phenoxy) is 1. The number of hydrogen-bond donors (Lipinski definition) is 1. The van der Waals surface area contributed by atoms with Crippen molar-refractivity contribution < 1.29 is 19.4 Å². The quantitative estimate of drug-likeness (QED) is 0.606. The van der Waals surface area contributed by atoms with E-state index >= 15 is 0 Å². The van der Waals surface area contributed by atoms with Crippen LogP contribution < -0.4 is 0 Å². The Morgan fingerprint density at radius 2 is 1.94 bits per heavy atom. The lowest BCUT2D eigenvalue weighted by Gasteiger charge is -1.98. The second-order valence-corrected chi connectivity index (χ2v) is 3.06. The Bertz CT molecular complexity index is 381. The zero-order chi connectivity index (χ0) is 11.8. The zero-order valence-corrected chi connectivity index (χ0v) is 8.63. The van der Waals surface area contributed by atoms with Crippen LogP contribution in [0.5, 0.6) is 0 Å². The summed E-state index contributed by atoms with van der Waals surface area (Å²) in [6, 6.07) is 9.29. The number of carboxylic acids is 1. The van der Waals surface area contributed by atoms with Crippen LogP contribution in [0.15, 0.2) is 36.4 Å². The summed E-state index contributed by atoms with van der Waals surface area (Å²) < 4.78 is 4.67. The fourth-order valence-electron chi connectivity index (χ4n) is 1.02. The monoisotopic (exact) mass is 220 g/mol.